The predicted molar refractivity (Wildman–Crippen MR) is 44.5 cm³/mol. The summed E-state index contributed by atoms with van der Waals surface area (Å²) in [4.78, 5) is 10.2. The molecule has 0 atom stereocenters. The highest BCUT2D eigenvalue weighted by molar-refractivity contribution is 9.10. The van der Waals surface area contributed by atoms with Crippen LogP contribution in [0.2, 0.25) is 5.02 Å². The van der Waals surface area contributed by atoms with Gasteiger partial charge in [-0.15, -0.1) is 0 Å². The zero-order valence-electron chi connectivity index (χ0n) is 5.27. The molecule has 0 aliphatic heterocycles. The lowest BCUT2D eigenvalue weighted by Gasteiger charge is -1.97. The van der Waals surface area contributed by atoms with E-state index in [4.69, 9.17) is 11.6 Å². The second kappa shape index (κ2) is 3.32. The van der Waals surface area contributed by atoms with Crippen LogP contribution in [0.1, 0.15) is 10.4 Å². The first-order chi connectivity index (χ1) is 5.15. The normalized spacial score (nSPS) is 9.73. The molecule has 4 heteroatoms. The molecule has 1 nitrogen and oxygen atoms in total. The third kappa shape index (κ3) is 1.79. The topological polar surface area (TPSA) is 17.1 Å². The van der Waals surface area contributed by atoms with Gasteiger partial charge in [-0.3, -0.25) is 4.79 Å². The molecule has 0 amide bonds. The second-order valence-electron chi connectivity index (χ2n) is 1.90. The van der Waals surface area contributed by atoms with Crippen LogP contribution in [-0.2, 0) is 0 Å². The molecule has 0 radical (unpaired) electrons. The fourth-order valence-corrected chi connectivity index (χ4v) is 1.53. The van der Waals surface area contributed by atoms with Crippen molar-refractivity contribution in [3.05, 3.63) is 33.0 Å². The van der Waals surface area contributed by atoms with E-state index in [1.54, 1.807) is 0 Å². The van der Waals surface area contributed by atoms with Gasteiger partial charge in [0.15, 0.2) is 6.29 Å². The molecule has 1 rings (SSSR count). The summed E-state index contributed by atoms with van der Waals surface area (Å²) in [5.74, 6) is -0.612. The Labute approximate surface area is 76.3 Å². The monoisotopic (exact) mass is 236 g/mol. The molecule has 58 valence electrons. The molecular formula is C7H3BrClFO. The Morgan fingerprint density at radius 3 is 2.64 bits per heavy atom. The summed E-state index contributed by atoms with van der Waals surface area (Å²) < 4.78 is 13.1. The van der Waals surface area contributed by atoms with E-state index in [1.165, 1.54) is 6.07 Å². The van der Waals surface area contributed by atoms with Crippen molar-refractivity contribution in [1.29, 1.82) is 0 Å². The molecule has 11 heavy (non-hydrogen) atoms. The minimum absolute atomic E-state index is 0.00519. The van der Waals surface area contributed by atoms with Gasteiger partial charge in [0.05, 0.1) is 5.56 Å². The van der Waals surface area contributed by atoms with Gasteiger partial charge in [-0.25, -0.2) is 4.39 Å². The van der Waals surface area contributed by atoms with Crippen molar-refractivity contribution >= 4 is 33.8 Å². The fourth-order valence-electron chi connectivity index (χ4n) is 0.666. The summed E-state index contributed by atoms with van der Waals surface area (Å²) in [5.41, 5.74) is -0.00519. The summed E-state index contributed by atoms with van der Waals surface area (Å²) in [5, 5.41) is 0.264. The summed E-state index contributed by atoms with van der Waals surface area (Å²) >= 11 is 8.50. The summed E-state index contributed by atoms with van der Waals surface area (Å²) in [7, 11) is 0. The largest absolute Gasteiger partial charge is 0.298 e. The van der Waals surface area contributed by atoms with Crippen LogP contribution in [0.3, 0.4) is 0 Å². The zero-order valence-corrected chi connectivity index (χ0v) is 7.62. The van der Waals surface area contributed by atoms with Gasteiger partial charge in [-0.2, -0.15) is 0 Å². The predicted octanol–water partition coefficient (Wildman–Crippen LogP) is 3.05. The average Bonchev–Trinajstić information content (AvgIpc) is 1.85. The molecule has 0 aliphatic carbocycles. The van der Waals surface area contributed by atoms with Gasteiger partial charge in [0, 0.05) is 9.50 Å². The highest BCUT2D eigenvalue weighted by Crippen LogP contribution is 2.23. The number of carbonyl (C=O) groups is 1. The van der Waals surface area contributed by atoms with E-state index in [-0.39, 0.29) is 10.6 Å². The van der Waals surface area contributed by atoms with Crippen molar-refractivity contribution in [3.8, 4) is 0 Å². The Morgan fingerprint density at radius 2 is 2.18 bits per heavy atom. The van der Waals surface area contributed by atoms with Crippen LogP contribution < -0.4 is 0 Å². The average molecular weight is 237 g/mol. The van der Waals surface area contributed by atoms with E-state index in [0.717, 1.165) is 6.07 Å². The van der Waals surface area contributed by atoms with Crippen molar-refractivity contribution in [1.82, 2.24) is 0 Å². The van der Waals surface area contributed by atoms with Gasteiger partial charge in [0.1, 0.15) is 5.82 Å². The standard InChI is InChI=1S/C7H3BrClFO/c8-6-1-4(9)2-7(10)5(6)3-11/h1-3H. The molecular weight excluding hydrogens is 234 g/mol. The van der Waals surface area contributed by atoms with E-state index in [1.807, 2.05) is 0 Å². The van der Waals surface area contributed by atoms with Gasteiger partial charge in [0.2, 0.25) is 0 Å². The van der Waals surface area contributed by atoms with Crippen molar-refractivity contribution < 1.29 is 9.18 Å². The maximum absolute atomic E-state index is 12.8. The first-order valence-corrected chi connectivity index (χ1v) is 3.92. The summed E-state index contributed by atoms with van der Waals surface area (Å²) in [6, 6.07) is 2.56. The maximum Gasteiger partial charge on any atom is 0.154 e. The fraction of sp³-hybridized carbons (Fsp3) is 0. The molecule has 0 N–H and O–H groups in total. The Morgan fingerprint density at radius 1 is 1.55 bits per heavy atom. The first kappa shape index (κ1) is 8.68. The van der Waals surface area contributed by atoms with Gasteiger partial charge in [-0.05, 0) is 28.1 Å². The molecule has 0 aliphatic rings. The molecule has 0 aromatic heterocycles. The number of hydrogen-bond donors (Lipinski definition) is 0. The molecule has 0 heterocycles. The van der Waals surface area contributed by atoms with Crippen LogP contribution >= 0.6 is 27.5 Å². The van der Waals surface area contributed by atoms with Crippen LogP contribution in [0, 0.1) is 5.82 Å². The van der Waals surface area contributed by atoms with Crippen LogP contribution in [0.15, 0.2) is 16.6 Å². The van der Waals surface area contributed by atoms with Gasteiger partial charge < -0.3 is 0 Å². The Kier molecular flexibility index (Phi) is 2.62. The minimum atomic E-state index is -0.612. The van der Waals surface area contributed by atoms with Crippen LogP contribution in [0.25, 0.3) is 0 Å². The number of rotatable bonds is 1. The van der Waals surface area contributed by atoms with Gasteiger partial charge in [0.25, 0.3) is 0 Å². The third-order valence-electron chi connectivity index (χ3n) is 1.16. The molecule has 1 aromatic rings. The van der Waals surface area contributed by atoms with E-state index in [2.05, 4.69) is 15.9 Å². The quantitative estimate of drug-likeness (QED) is 0.686. The van der Waals surface area contributed by atoms with E-state index >= 15 is 0 Å². The Hall–Kier alpha value is -0.410. The highest BCUT2D eigenvalue weighted by atomic mass is 79.9. The maximum atomic E-state index is 12.8. The lowest BCUT2D eigenvalue weighted by atomic mass is 10.2. The molecule has 0 saturated heterocycles. The molecule has 0 unspecified atom stereocenters. The lowest BCUT2D eigenvalue weighted by molar-refractivity contribution is 0.111. The Bertz CT molecular complexity index is 277. The van der Waals surface area contributed by atoms with E-state index < -0.39 is 5.82 Å². The number of benzene rings is 1. The van der Waals surface area contributed by atoms with E-state index in [9.17, 15) is 9.18 Å². The molecule has 0 bridgehead atoms. The summed E-state index contributed by atoms with van der Waals surface area (Å²) in [6.07, 6.45) is 0.440. The first-order valence-electron chi connectivity index (χ1n) is 2.75. The van der Waals surface area contributed by atoms with Gasteiger partial charge >= 0.3 is 0 Å². The third-order valence-corrected chi connectivity index (χ3v) is 2.04. The second-order valence-corrected chi connectivity index (χ2v) is 3.19. The lowest BCUT2D eigenvalue weighted by Crippen LogP contribution is -1.88. The minimum Gasteiger partial charge on any atom is -0.298 e. The van der Waals surface area contributed by atoms with Crippen LogP contribution in [-0.4, -0.2) is 6.29 Å². The van der Waals surface area contributed by atoms with Crippen molar-refractivity contribution in [3.63, 3.8) is 0 Å². The van der Waals surface area contributed by atoms with Crippen molar-refractivity contribution in [2.75, 3.05) is 0 Å². The van der Waals surface area contributed by atoms with Crippen LogP contribution in [0.4, 0.5) is 4.39 Å². The van der Waals surface area contributed by atoms with Gasteiger partial charge in [-0.1, -0.05) is 11.6 Å². The molecule has 0 saturated carbocycles. The number of aldehydes is 1. The summed E-state index contributed by atoms with van der Waals surface area (Å²) in [6.45, 7) is 0. The zero-order chi connectivity index (χ0) is 8.43. The smallest absolute Gasteiger partial charge is 0.154 e. The van der Waals surface area contributed by atoms with Crippen molar-refractivity contribution in [2.24, 2.45) is 0 Å². The number of halogens is 3. The van der Waals surface area contributed by atoms with Crippen LogP contribution in [0.5, 0.6) is 0 Å². The molecule has 1 aromatic carbocycles. The SMILES string of the molecule is O=Cc1c(F)cc(Cl)cc1Br. The Balaban J connectivity index is 3.36. The number of hydrogen-bond acceptors (Lipinski definition) is 1. The van der Waals surface area contributed by atoms with Crippen molar-refractivity contribution in [2.45, 2.75) is 0 Å². The highest BCUT2D eigenvalue weighted by Gasteiger charge is 2.06. The number of carbonyl (C=O) groups excluding carboxylic acids is 1. The molecule has 0 fully saturated rings. The van der Waals surface area contributed by atoms with E-state index in [0.29, 0.717) is 10.8 Å². The molecule has 0 spiro atoms.